The number of nitrogens with zero attached hydrogens (tertiary/aromatic N) is 2. The molecule has 1 aromatic carbocycles. The fraction of sp³-hybridized carbons (Fsp3) is 0.556. The van der Waals surface area contributed by atoms with E-state index in [-0.39, 0.29) is 43.4 Å². The Balaban J connectivity index is 1.30. The van der Waals surface area contributed by atoms with Crippen LogP contribution in [0, 0.1) is 11.8 Å². The highest BCUT2D eigenvalue weighted by molar-refractivity contribution is 7.91. The number of alkyl carbamates (subject to hydrolysis) is 1. The Hall–Kier alpha value is -4.73. The highest BCUT2D eigenvalue weighted by Crippen LogP contribution is 2.47. The Morgan fingerprint density at radius 3 is 2.50 bits per heavy atom. The zero-order chi connectivity index (χ0) is 37.6. The van der Waals surface area contributed by atoms with Crippen LogP contribution in [-0.4, -0.2) is 96.1 Å². The van der Waals surface area contributed by atoms with Crippen molar-refractivity contribution in [2.75, 3.05) is 13.7 Å². The van der Waals surface area contributed by atoms with E-state index in [1.165, 1.54) is 11.0 Å². The number of pyridine rings is 1. The van der Waals surface area contributed by atoms with Gasteiger partial charge in [-0.2, -0.15) is 0 Å². The Morgan fingerprint density at radius 2 is 1.88 bits per heavy atom. The number of hydrogen-bond donors (Lipinski definition) is 3. The average Bonchev–Trinajstić information content (AvgIpc) is 3.98. The highest BCUT2D eigenvalue weighted by Gasteiger charge is 2.62. The molecule has 1 saturated heterocycles. The number of benzene rings is 1. The number of carbonyl (C=O) groups excluding carboxylic acids is 5. The molecule has 52 heavy (non-hydrogen) atoms. The zero-order valence-electron chi connectivity index (χ0n) is 29.8. The predicted molar refractivity (Wildman–Crippen MR) is 188 cm³/mol. The van der Waals surface area contributed by atoms with E-state index in [4.69, 9.17) is 14.2 Å². The van der Waals surface area contributed by atoms with Crippen molar-refractivity contribution in [3.8, 4) is 11.6 Å². The van der Waals surface area contributed by atoms with Crippen LogP contribution < -0.4 is 24.8 Å². The third-order valence-corrected chi connectivity index (χ3v) is 11.8. The average molecular weight is 740 g/mol. The minimum Gasteiger partial charge on any atom is -0.497 e. The molecule has 4 aliphatic rings. The first-order chi connectivity index (χ1) is 24.5. The lowest BCUT2D eigenvalue weighted by atomic mass is 9.94. The summed E-state index contributed by atoms with van der Waals surface area (Å²) in [6.07, 6.45) is 4.60. The number of sulfonamides is 1. The highest BCUT2D eigenvalue weighted by atomic mass is 32.2. The minimum absolute atomic E-state index is 0.0311. The predicted octanol–water partition coefficient (Wildman–Crippen LogP) is 2.52. The SMILES string of the molecule is CCC1C[C@]1(NC(=O)[C@@H]1C[C@@H](Oc2nccc3cc(OC)ccc23)CN1C(=O)[C@@H](NC(=O)OC(C)(C)C)C1CC=CC1=O)C(=O)NS(=O)(=O)C1CC1. The summed E-state index contributed by atoms with van der Waals surface area (Å²) in [7, 11) is -2.34. The second-order valence-corrected chi connectivity index (χ2v) is 16.9. The van der Waals surface area contributed by atoms with Crippen LogP contribution in [0.25, 0.3) is 10.8 Å². The van der Waals surface area contributed by atoms with Crippen molar-refractivity contribution in [3.05, 3.63) is 42.6 Å². The molecule has 2 aromatic rings. The largest absolute Gasteiger partial charge is 0.497 e. The molecule has 0 radical (unpaired) electrons. The molecule has 16 heteroatoms. The maximum absolute atomic E-state index is 14.5. The van der Waals surface area contributed by atoms with E-state index in [0.29, 0.717) is 30.4 Å². The van der Waals surface area contributed by atoms with Crippen LogP contribution in [-0.2, 0) is 33.9 Å². The lowest BCUT2D eigenvalue weighted by Crippen LogP contribution is -2.59. The van der Waals surface area contributed by atoms with Gasteiger partial charge in [0.25, 0.3) is 5.91 Å². The van der Waals surface area contributed by atoms with E-state index in [0.717, 1.165) is 5.39 Å². The summed E-state index contributed by atoms with van der Waals surface area (Å²) in [6, 6.07) is 4.54. The molecule has 6 rings (SSSR count). The summed E-state index contributed by atoms with van der Waals surface area (Å²) in [6.45, 7) is 6.70. The lowest BCUT2D eigenvalue weighted by molar-refractivity contribution is -0.143. The molecule has 1 aliphatic heterocycles. The number of nitrogens with one attached hydrogen (secondary N) is 3. The van der Waals surface area contributed by atoms with Crippen LogP contribution in [0.5, 0.6) is 11.6 Å². The number of carbonyl (C=O) groups is 5. The van der Waals surface area contributed by atoms with Gasteiger partial charge in [0.1, 0.15) is 35.1 Å². The van der Waals surface area contributed by atoms with Crippen LogP contribution in [0.1, 0.15) is 66.2 Å². The summed E-state index contributed by atoms with van der Waals surface area (Å²) >= 11 is 0. The van der Waals surface area contributed by atoms with Crippen molar-refractivity contribution in [1.29, 1.82) is 0 Å². The van der Waals surface area contributed by atoms with E-state index < -0.39 is 74.3 Å². The van der Waals surface area contributed by atoms with Gasteiger partial charge >= 0.3 is 6.09 Å². The van der Waals surface area contributed by atoms with Gasteiger partial charge in [0, 0.05) is 18.0 Å². The molecule has 2 saturated carbocycles. The van der Waals surface area contributed by atoms with Crippen LogP contribution in [0.15, 0.2) is 42.6 Å². The number of rotatable bonds is 12. The number of likely N-dealkylation sites (tertiary alicyclic amines) is 1. The molecule has 2 unspecified atom stereocenters. The molecular formula is C36H45N5O10S. The summed E-state index contributed by atoms with van der Waals surface area (Å²) in [5.74, 6) is -2.98. The molecular weight excluding hydrogens is 694 g/mol. The van der Waals surface area contributed by atoms with E-state index in [1.54, 1.807) is 58.4 Å². The maximum atomic E-state index is 14.5. The van der Waals surface area contributed by atoms with Gasteiger partial charge in [-0.15, -0.1) is 0 Å². The molecule has 3 fully saturated rings. The number of fused-ring (bicyclic) bond motifs is 1. The van der Waals surface area contributed by atoms with Crippen LogP contribution in [0.2, 0.25) is 0 Å². The molecule has 1 aromatic heterocycles. The van der Waals surface area contributed by atoms with Crippen LogP contribution in [0.3, 0.4) is 0 Å². The monoisotopic (exact) mass is 739 g/mol. The van der Waals surface area contributed by atoms with Gasteiger partial charge in [-0.3, -0.25) is 23.9 Å². The van der Waals surface area contributed by atoms with Crippen molar-refractivity contribution in [2.45, 2.75) is 101 Å². The first-order valence-corrected chi connectivity index (χ1v) is 19.1. The molecule has 0 bridgehead atoms. The van der Waals surface area contributed by atoms with Gasteiger partial charge in [-0.1, -0.05) is 19.4 Å². The number of allylic oxidation sites excluding steroid dienone is 2. The van der Waals surface area contributed by atoms with E-state index in [2.05, 4.69) is 20.3 Å². The summed E-state index contributed by atoms with van der Waals surface area (Å²) in [5, 5.41) is 6.19. The third-order valence-electron chi connectivity index (χ3n) is 9.99. The topological polar surface area (TPSA) is 199 Å². The molecule has 2 heterocycles. The molecule has 15 nitrogen and oxygen atoms in total. The Kier molecular flexibility index (Phi) is 9.98. The van der Waals surface area contributed by atoms with E-state index in [1.807, 2.05) is 13.0 Å². The summed E-state index contributed by atoms with van der Waals surface area (Å²) in [4.78, 5) is 73.9. The maximum Gasteiger partial charge on any atom is 0.408 e. The van der Waals surface area contributed by atoms with Crippen molar-refractivity contribution in [3.63, 3.8) is 0 Å². The van der Waals surface area contributed by atoms with Gasteiger partial charge in [-0.05, 0) is 88.1 Å². The fourth-order valence-corrected chi connectivity index (χ4v) is 8.36. The first kappa shape index (κ1) is 37.0. The number of methoxy groups -OCH3 is 1. The smallest absolute Gasteiger partial charge is 0.408 e. The standard InChI is InChI=1S/C36H45N5O10S/c1-6-21-18-36(21,33(45)40-52(47,48)24-11-12-24)39-30(43)27-17-23(50-31-25-13-10-22(49-5)16-20(25)14-15-37-31)19-41(27)32(44)29(26-8-7-9-28(26)42)38-34(46)51-35(2,3)4/h7,9-10,13-16,21,23-24,26-27,29H,6,8,11-12,17-19H2,1-5H3,(H,38,46)(H,39,43)(H,40,45)/t21?,23-,26?,27+,29+,36-/m1/s1. The minimum atomic E-state index is -3.90. The molecule has 3 N–H and O–H groups in total. The molecule has 3 aliphatic carbocycles. The number of ketones is 1. The third kappa shape index (κ3) is 7.71. The Bertz CT molecular complexity index is 1920. The Morgan fingerprint density at radius 1 is 1.13 bits per heavy atom. The second-order valence-electron chi connectivity index (χ2n) is 14.9. The first-order valence-electron chi connectivity index (χ1n) is 17.5. The quantitative estimate of drug-likeness (QED) is 0.289. The molecule has 280 valence electrons. The van der Waals surface area contributed by atoms with Gasteiger partial charge in [0.05, 0.1) is 24.8 Å². The van der Waals surface area contributed by atoms with Crippen LogP contribution in [0.4, 0.5) is 4.79 Å². The number of amides is 4. The van der Waals surface area contributed by atoms with E-state index >= 15 is 0 Å². The van der Waals surface area contributed by atoms with Crippen molar-refractivity contribution < 1.29 is 46.6 Å². The summed E-state index contributed by atoms with van der Waals surface area (Å²) < 4.78 is 44.7. The van der Waals surface area contributed by atoms with Crippen LogP contribution >= 0.6 is 0 Å². The normalized spacial score (nSPS) is 26.1. The second kappa shape index (κ2) is 14.0. The van der Waals surface area contributed by atoms with Gasteiger partial charge < -0.3 is 29.7 Å². The zero-order valence-corrected chi connectivity index (χ0v) is 30.7. The van der Waals surface area contributed by atoms with E-state index in [9.17, 15) is 32.4 Å². The van der Waals surface area contributed by atoms with Gasteiger partial charge in [-0.25, -0.2) is 18.2 Å². The number of aromatic nitrogens is 1. The number of hydrogen-bond acceptors (Lipinski definition) is 11. The van der Waals surface area contributed by atoms with Crippen molar-refractivity contribution >= 4 is 50.4 Å². The number of ether oxygens (including phenoxy) is 3. The Labute approximate surface area is 302 Å². The summed E-state index contributed by atoms with van der Waals surface area (Å²) in [5.41, 5.74) is -2.39. The fourth-order valence-electron chi connectivity index (χ4n) is 7.00. The van der Waals surface area contributed by atoms with Gasteiger partial charge in [0.15, 0.2) is 5.78 Å². The molecule has 4 amide bonds. The molecule has 0 spiro atoms. The molecule has 6 atom stereocenters. The lowest BCUT2D eigenvalue weighted by Gasteiger charge is -2.32. The van der Waals surface area contributed by atoms with Crippen molar-refractivity contribution in [1.82, 2.24) is 25.2 Å². The van der Waals surface area contributed by atoms with Gasteiger partial charge in [0.2, 0.25) is 27.7 Å². The van der Waals surface area contributed by atoms with Crippen molar-refractivity contribution in [2.24, 2.45) is 11.8 Å².